The van der Waals surface area contributed by atoms with Crippen molar-refractivity contribution in [3.05, 3.63) is 65.7 Å². The lowest BCUT2D eigenvalue weighted by Gasteiger charge is -2.07. The molecule has 0 radical (unpaired) electrons. The third-order valence-electron chi connectivity index (χ3n) is 3.17. The van der Waals surface area contributed by atoms with E-state index >= 15 is 0 Å². The fourth-order valence-corrected chi connectivity index (χ4v) is 2.40. The first-order valence-corrected chi connectivity index (χ1v) is 8.29. The molecule has 0 aliphatic rings. The summed E-state index contributed by atoms with van der Waals surface area (Å²) in [5.41, 5.74) is 2.52. The highest BCUT2D eigenvalue weighted by Crippen LogP contribution is 2.25. The summed E-state index contributed by atoms with van der Waals surface area (Å²) in [6, 6.07) is 12.7. The van der Waals surface area contributed by atoms with E-state index in [2.05, 4.69) is 68.2 Å². The summed E-state index contributed by atoms with van der Waals surface area (Å²) in [5, 5.41) is 7.23. The molecule has 1 unspecified atom stereocenters. The van der Waals surface area contributed by atoms with Gasteiger partial charge in [0, 0.05) is 18.1 Å². The van der Waals surface area contributed by atoms with Crippen molar-refractivity contribution in [2.24, 2.45) is 0 Å². The van der Waals surface area contributed by atoms with Crippen LogP contribution in [-0.4, -0.2) is 13.2 Å². The number of rotatable bonds is 3. The van der Waals surface area contributed by atoms with Crippen LogP contribution in [0.2, 0.25) is 0 Å². The minimum absolute atomic E-state index is 0.250. The van der Waals surface area contributed by atoms with Gasteiger partial charge in [-0.05, 0) is 37.8 Å². The second-order valence-corrected chi connectivity index (χ2v) is 6.11. The quantitative estimate of drug-likeness (QED) is 0.773. The van der Waals surface area contributed by atoms with Gasteiger partial charge in [0.25, 0.3) is 0 Å². The van der Waals surface area contributed by atoms with E-state index in [1.54, 1.807) is 0 Å². The first-order valence-electron chi connectivity index (χ1n) is 7.21. The summed E-state index contributed by atoms with van der Waals surface area (Å²) >= 11 is 0. The molecule has 2 rings (SSSR count). The first kappa shape index (κ1) is 20.8. The predicted octanol–water partition coefficient (Wildman–Crippen LogP) is 5.34. The largest absolute Gasteiger partial charge is 0.388 e. The Balaban J connectivity index is 0.000000412. The molecule has 0 saturated heterocycles. The average Bonchev–Trinajstić information content (AvgIpc) is 2.57. The normalized spacial score (nSPS) is 10.2. The van der Waals surface area contributed by atoms with E-state index in [0.29, 0.717) is 0 Å². The minimum Gasteiger partial charge on any atom is -0.388 e. The second-order valence-electron chi connectivity index (χ2n) is 4.63. The molecule has 0 fully saturated rings. The molecule has 0 heterocycles. The SMILES string of the molecule is C=CP/C(C)=C\C.CNc1ccc(C)c2ccccc12.O=C=O. The van der Waals surface area contributed by atoms with Gasteiger partial charge in [-0.15, -0.1) is 0 Å². The van der Waals surface area contributed by atoms with Gasteiger partial charge < -0.3 is 5.32 Å². The molecule has 0 spiro atoms. The summed E-state index contributed by atoms with van der Waals surface area (Å²) in [4.78, 5) is 16.2. The predicted molar refractivity (Wildman–Crippen MR) is 101 cm³/mol. The number of nitrogens with one attached hydrogen (secondary N) is 1. The van der Waals surface area contributed by atoms with Crippen LogP contribution in [0.5, 0.6) is 0 Å². The van der Waals surface area contributed by atoms with Gasteiger partial charge in [-0.1, -0.05) is 62.7 Å². The smallest absolute Gasteiger partial charge is 0.373 e. The Bertz CT molecular complexity index is 687. The van der Waals surface area contributed by atoms with Crippen molar-refractivity contribution >= 4 is 31.2 Å². The second kappa shape index (κ2) is 12.3. The molecule has 0 aromatic heterocycles. The molecular formula is C19H24NO2P. The van der Waals surface area contributed by atoms with Gasteiger partial charge >= 0.3 is 6.15 Å². The van der Waals surface area contributed by atoms with Gasteiger partial charge in [-0.2, -0.15) is 9.59 Å². The topological polar surface area (TPSA) is 46.2 Å². The molecule has 1 N–H and O–H groups in total. The van der Waals surface area contributed by atoms with Gasteiger partial charge in [-0.3, -0.25) is 0 Å². The zero-order valence-electron chi connectivity index (χ0n) is 14.1. The molecule has 23 heavy (non-hydrogen) atoms. The van der Waals surface area contributed by atoms with Crippen LogP contribution in [0.4, 0.5) is 5.69 Å². The maximum atomic E-state index is 8.12. The highest BCUT2D eigenvalue weighted by atomic mass is 31.1. The first-order chi connectivity index (χ1) is 11.0. The van der Waals surface area contributed by atoms with E-state index in [0.717, 1.165) is 8.58 Å². The van der Waals surface area contributed by atoms with Crippen molar-refractivity contribution in [3.63, 3.8) is 0 Å². The van der Waals surface area contributed by atoms with E-state index in [1.807, 2.05) is 19.8 Å². The van der Waals surface area contributed by atoms with E-state index in [-0.39, 0.29) is 6.15 Å². The Labute approximate surface area is 140 Å². The molecule has 3 nitrogen and oxygen atoms in total. The third kappa shape index (κ3) is 7.56. The molecule has 2 aromatic carbocycles. The van der Waals surface area contributed by atoms with Gasteiger partial charge in [0.15, 0.2) is 0 Å². The van der Waals surface area contributed by atoms with Crippen molar-refractivity contribution in [1.29, 1.82) is 0 Å². The Kier molecular flexibility index (Phi) is 11.2. The van der Waals surface area contributed by atoms with Crippen molar-refractivity contribution in [3.8, 4) is 0 Å². The summed E-state index contributed by atoms with van der Waals surface area (Å²) in [6.07, 6.45) is 2.36. The van der Waals surface area contributed by atoms with Crippen LogP contribution >= 0.6 is 8.58 Å². The number of allylic oxidation sites excluding steroid dienone is 2. The van der Waals surface area contributed by atoms with Gasteiger partial charge in [-0.25, -0.2) is 0 Å². The van der Waals surface area contributed by atoms with E-state index in [9.17, 15) is 0 Å². The monoisotopic (exact) mass is 329 g/mol. The molecule has 0 amide bonds. The van der Waals surface area contributed by atoms with Crippen molar-refractivity contribution < 1.29 is 9.59 Å². The number of hydrogen-bond donors (Lipinski definition) is 1. The molecule has 1 atom stereocenters. The van der Waals surface area contributed by atoms with Crippen LogP contribution in [0.15, 0.2) is 60.2 Å². The van der Waals surface area contributed by atoms with E-state index in [1.165, 1.54) is 27.3 Å². The molecule has 2 aromatic rings. The highest BCUT2D eigenvalue weighted by molar-refractivity contribution is 7.46. The zero-order valence-corrected chi connectivity index (χ0v) is 15.1. The number of carbonyl (C=O) groups excluding carboxylic acids is 2. The molecule has 122 valence electrons. The van der Waals surface area contributed by atoms with Crippen LogP contribution in [0.3, 0.4) is 0 Å². The molecule has 0 saturated carbocycles. The fourth-order valence-electron chi connectivity index (χ4n) is 1.91. The summed E-state index contributed by atoms with van der Waals surface area (Å²) in [6.45, 7) is 9.92. The number of aryl methyl sites for hydroxylation is 1. The van der Waals surface area contributed by atoms with Crippen LogP contribution in [0.1, 0.15) is 19.4 Å². The summed E-state index contributed by atoms with van der Waals surface area (Å²) in [5.74, 6) is 1.94. The molecular weight excluding hydrogens is 305 g/mol. The van der Waals surface area contributed by atoms with E-state index in [4.69, 9.17) is 9.59 Å². The Morgan fingerprint density at radius 2 is 1.74 bits per heavy atom. The van der Waals surface area contributed by atoms with Gasteiger partial charge in [0.1, 0.15) is 0 Å². The van der Waals surface area contributed by atoms with Crippen LogP contribution < -0.4 is 5.32 Å². The van der Waals surface area contributed by atoms with Crippen molar-refractivity contribution in [1.82, 2.24) is 0 Å². The Morgan fingerprint density at radius 1 is 1.17 bits per heavy atom. The number of fused-ring (bicyclic) bond motifs is 1. The minimum atomic E-state index is 0.250. The average molecular weight is 329 g/mol. The zero-order chi connectivity index (χ0) is 17.7. The van der Waals surface area contributed by atoms with Crippen molar-refractivity contribution in [2.45, 2.75) is 20.8 Å². The van der Waals surface area contributed by atoms with Gasteiger partial charge in [0.05, 0.1) is 0 Å². The lowest BCUT2D eigenvalue weighted by Crippen LogP contribution is -1.90. The van der Waals surface area contributed by atoms with Crippen molar-refractivity contribution in [2.75, 3.05) is 12.4 Å². The summed E-state index contributed by atoms with van der Waals surface area (Å²) in [7, 11) is 2.77. The molecule has 4 heteroatoms. The number of hydrogen-bond acceptors (Lipinski definition) is 3. The van der Waals surface area contributed by atoms with Crippen LogP contribution in [-0.2, 0) is 9.59 Å². The summed E-state index contributed by atoms with van der Waals surface area (Å²) < 4.78 is 0. The Hall–Kier alpha value is -2.21. The highest BCUT2D eigenvalue weighted by Gasteiger charge is 1.99. The van der Waals surface area contributed by atoms with Gasteiger partial charge in [0.2, 0.25) is 0 Å². The maximum absolute atomic E-state index is 8.12. The maximum Gasteiger partial charge on any atom is 0.373 e. The van der Waals surface area contributed by atoms with Crippen LogP contribution in [0.25, 0.3) is 10.8 Å². The molecule has 0 aliphatic carbocycles. The molecule has 0 bridgehead atoms. The number of benzene rings is 2. The lowest BCUT2D eigenvalue weighted by atomic mass is 10.0. The Morgan fingerprint density at radius 3 is 2.17 bits per heavy atom. The third-order valence-corrected chi connectivity index (χ3v) is 4.12. The van der Waals surface area contributed by atoms with Crippen LogP contribution in [0, 0.1) is 6.92 Å². The fraction of sp³-hybridized carbons (Fsp3) is 0.211. The number of anilines is 1. The van der Waals surface area contributed by atoms with E-state index < -0.39 is 0 Å². The molecule has 0 aliphatic heterocycles. The lowest BCUT2D eigenvalue weighted by molar-refractivity contribution is -0.191. The standard InChI is InChI=1S/C12H13N.C6H11P.CO2/c1-9-7-8-12(13-2)11-6-4-3-5-10(9)11;1-4-6(3)7-5-2;2-1-3/h3-8,13H,1-2H3;4-5,7H,2H2,1,3H3;/b;6-4-;.